The number of ether oxygens (including phenoxy) is 1. The summed E-state index contributed by atoms with van der Waals surface area (Å²) in [6, 6.07) is 13.6. The lowest BCUT2D eigenvalue weighted by Crippen LogP contribution is -2.47. The SMILES string of the molecule is CC1CN(C2=C(c3ccc(Cl)cc3)C(=O)N(c3ccc(Cl)cc3)C2=O)CC(C)O1. The van der Waals surface area contributed by atoms with Gasteiger partial charge >= 0.3 is 0 Å². The molecular weight excluding hydrogens is 411 g/mol. The first kappa shape index (κ1) is 20.0. The summed E-state index contributed by atoms with van der Waals surface area (Å²) in [5.74, 6) is -0.704. The van der Waals surface area contributed by atoms with Crippen LogP contribution in [0.3, 0.4) is 0 Å². The lowest BCUT2D eigenvalue weighted by atomic mass is 10.0. The topological polar surface area (TPSA) is 49.9 Å². The number of nitrogens with zero attached hydrogens (tertiary/aromatic N) is 2. The van der Waals surface area contributed by atoms with Crippen molar-refractivity contribution in [2.45, 2.75) is 26.1 Å². The Morgan fingerprint density at radius 2 is 1.34 bits per heavy atom. The van der Waals surface area contributed by atoms with Crippen LogP contribution in [0.25, 0.3) is 5.57 Å². The number of rotatable bonds is 3. The van der Waals surface area contributed by atoms with Gasteiger partial charge in [-0.3, -0.25) is 9.59 Å². The lowest BCUT2D eigenvalue weighted by molar-refractivity contribution is -0.121. The van der Waals surface area contributed by atoms with Gasteiger partial charge in [0, 0.05) is 23.1 Å². The fraction of sp³-hybridized carbons (Fsp3) is 0.273. The maximum Gasteiger partial charge on any atom is 0.282 e. The largest absolute Gasteiger partial charge is 0.372 e. The molecule has 2 aromatic rings. The van der Waals surface area contributed by atoms with Crippen LogP contribution < -0.4 is 4.90 Å². The van der Waals surface area contributed by atoms with Crippen LogP contribution in [-0.4, -0.2) is 42.0 Å². The average molecular weight is 431 g/mol. The summed E-state index contributed by atoms with van der Waals surface area (Å²) in [4.78, 5) is 30.1. The first-order valence-corrected chi connectivity index (χ1v) is 10.2. The second-order valence-electron chi connectivity index (χ2n) is 7.31. The minimum Gasteiger partial charge on any atom is -0.372 e. The summed E-state index contributed by atoms with van der Waals surface area (Å²) in [7, 11) is 0. The number of halogens is 2. The van der Waals surface area contributed by atoms with Gasteiger partial charge in [0.05, 0.1) is 23.5 Å². The van der Waals surface area contributed by atoms with Gasteiger partial charge in [-0.05, 0) is 55.8 Å². The van der Waals surface area contributed by atoms with Crippen LogP contribution in [0.15, 0.2) is 54.2 Å². The second-order valence-corrected chi connectivity index (χ2v) is 8.19. The van der Waals surface area contributed by atoms with Crippen molar-refractivity contribution in [1.82, 2.24) is 4.90 Å². The van der Waals surface area contributed by atoms with E-state index in [-0.39, 0.29) is 24.0 Å². The van der Waals surface area contributed by atoms with E-state index in [1.54, 1.807) is 48.5 Å². The Morgan fingerprint density at radius 1 is 0.828 bits per heavy atom. The standard InChI is InChI=1S/C22H20Cl2N2O3/c1-13-11-25(12-14(2)29-13)20-19(15-3-5-16(23)6-4-15)21(27)26(22(20)28)18-9-7-17(24)8-10-18/h3-10,13-14H,11-12H2,1-2H3. The number of benzene rings is 2. The van der Waals surface area contributed by atoms with Gasteiger partial charge in [0.1, 0.15) is 5.70 Å². The van der Waals surface area contributed by atoms with Gasteiger partial charge in [0.15, 0.2) is 0 Å². The number of imide groups is 1. The van der Waals surface area contributed by atoms with Crippen molar-refractivity contribution in [2.75, 3.05) is 18.0 Å². The molecule has 5 nitrogen and oxygen atoms in total. The zero-order valence-corrected chi connectivity index (χ0v) is 17.6. The predicted octanol–water partition coefficient (Wildman–Crippen LogP) is 4.39. The normalized spacial score (nSPS) is 22.6. The first-order chi connectivity index (χ1) is 13.8. The van der Waals surface area contributed by atoms with E-state index in [9.17, 15) is 9.59 Å². The molecule has 0 aliphatic carbocycles. The van der Waals surface area contributed by atoms with Crippen molar-refractivity contribution in [1.29, 1.82) is 0 Å². The van der Waals surface area contributed by atoms with Gasteiger partial charge in [0.2, 0.25) is 0 Å². The van der Waals surface area contributed by atoms with Gasteiger partial charge in [-0.15, -0.1) is 0 Å². The number of carbonyl (C=O) groups excluding carboxylic acids is 2. The molecule has 0 radical (unpaired) electrons. The maximum atomic E-state index is 13.5. The highest BCUT2D eigenvalue weighted by Gasteiger charge is 2.43. The van der Waals surface area contributed by atoms with Crippen molar-refractivity contribution in [3.63, 3.8) is 0 Å². The summed E-state index contributed by atoms with van der Waals surface area (Å²) >= 11 is 12.0. The smallest absolute Gasteiger partial charge is 0.282 e. The van der Waals surface area contributed by atoms with Gasteiger partial charge < -0.3 is 9.64 Å². The van der Waals surface area contributed by atoms with Crippen molar-refractivity contribution in [3.05, 3.63) is 69.8 Å². The van der Waals surface area contributed by atoms with E-state index >= 15 is 0 Å². The van der Waals surface area contributed by atoms with Crippen LogP contribution in [0.1, 0.15) is 19.4 Å². The van der Waals surface area contributed by atoms with Gasteiger partial charge in [0.25, 0.3) is 11.8 Å². The lowest BCUT2D eigenvalue weighted by Gasteiger charge is -2.37. The number of carbonyl (C=O) groups is 2. The highest BCUT2D eigenvalue weighted by Crippen LogP contribution is 2.36. The van der Waals surface area contributed by atoms with Gasteiger partial charge in [-0.2, -0.15) is 0 Å². The van der Waals surface area contributed by atoms with Crippen LogP contribution in [0.4, 0.5) is 5.69 Å². The number of amides is 2. The average Bonchev–Trinajstić information content (AvgIpc) is 2.93. The minimum atomic E-state index is -0.360. The molecule has 2 heterocycles. The molecule has 7 heteroatoms. The Labute approximate surface area is 179 Å². The van der Waals surface area contributed by atoms with Crippen molar-refractivity contribution >= 4 is 46.3 Å². The Kier molecular flexibility index (Phi) is 5.38. The molecule has 0 bridgehead atoms. The van der Waals surface area contributed by atoms with Crippen molar-refractivity contribution in [3.8, 4) is 0 Å². The van der Waals surface area contributed by atoms with Crippen LogP contribution >= 0.6 is 23.2 Å². The molecule has 2 amide bonds. The maximum absolute atomic E-state index is 13.5. The Hall–Kier alpha value is -2.34. The third-order valence-electron chi connectivity index (χ3n) is 5.01. The number of morpholine rings is 1. The highest BCUT2D eigenvalue weighted by molar-refractivity contribution is 6.45. The summed E-state index contributed by atoms with van der Waals surface area (Å²) < 4.78 is 5.81. The molecule has 29 heavy (non-hydrogen) atoms. The Balaban J connectivity index is 1.82. The van der Waals surface area contributed by atoms with E-state index in [1.165, 1.54) is 4.90 Å². The fourth-order valence-corrected chi connectivity index (χ4v) is 4.13. The summed E-state index contributed by atoms with van der Waals surface area (Å²) in [5, 5.41) is 1.10. The first-order valence-electron chi connectivity index (χ1n) is 9.40. The van der Waals surface area contributed by atoms with E-state index in [4.69, 9.17) is 27.9 Å². The number of hydrogen-bond acceptors (Lipinski definition) is 4. The van der Waals surface area contributed by atoms with Gasteiger partial charge in [-0.1, -0.05) is 35.3 Å². The quantitative estimate of drug-likeness (QED) is 0.677. The molecule has 0 spiro atoms. The fourth-order valence-electron chi connectivity index (χ4n) is 3.87. The van der Waals surface area contributed by atoms with Crippen LogP contribution in [-0.2, 0) is 14.3 Å². The summed E-state index contributed by atoms with van der Waals surface area (Å²) in [5.41, 5.74) is 1.92. The molecule has 2 aromatic carbocycles. The van der Waals surface area contributed by atoms with Crippen LogP contribution in [0.2, 0.25) is 10.0 Å². The molecule has 0 aromatic heterocycles. The molecule has 4 rings (SSSR count). The highest BCUT2D eigenvalue weighted by atomic mass is 35.5. The molecule has 150 valence electrons. The molecule has 1 fully saturated rings. The van der Waals surface area contributed by atoms with E-state index in [0.717, 1.165) is 0 Å². The monoisotopic (exact) mass is 430 g/mol. The van der Waals surface area contributed by atoms with E-state index < -0.39 is 0 Å². The zero-order valence-electron chi connectivity index (χ0n) is 16.1. The Bertz CT molecular complexity index is 976. The third-order valence-corrected chi connectivity index (χ3v) is 5.52. The molecule has 1 saturated heterocycles. The van der Waals surface area contributed by atoms with E-state index in [0.29, 0.717) is 45.7 Å². The number of anilines is 1. The van der Waals surface area contributed by atoms with Crippen molar-refractivity contribution < 1.29 is 14.3 Å². The molecular formula is C22H20Cl2N2O3. The molecule has 2 aliphatic heterocycles. The van der Waals surface area contributed by atoms with E-state index in [1.807, 2.05) is 18.7 Å². The summed E-state index contributed by atoms with van der Waals surface area (Å²) in [6.45, 7) is 4.99. The molecule has 0 N–H and O–H groups in total. The third kappa shape index (κ3) is 3.78. The number of hydrogen-bond donors (Lipinski definition) is 0. The molecule has 0 saturated carbocycles. The zero-order chi connectivity index (χ0) is 20.7. The molecule has 2 atom stereocenters. The summed E-state index contributed by atoms with van der Waals surface area (Å²) in [6.07, 6.45) is -0.101. The van der Waals surface area contributed by atoms with Crippen LogP contribution in [0, 0.1) is 0 Å². The van der Waals surface area contributed by atoms with E-state index in [2.05, 4.69) is 0 Å². The predicted molar refractivity (Wildman–Crippen MR) is 114 cm³/mol. The van der Waals surface area contributed by atoms with Crippen molar-refractivity contribution in [2.24, 2.45) is 0 Å². The van der Waals surface area contributed by atoms with Crippen LogP contribution in [0.5, 0.6) is 0 Å². The molecule has 2 aliphatic rings. The van der Waals surface area contributed by atoms with Gasteiger partial charge in [-0.25, -0.2) is 4.90 Å². The minimum absolute atomic E-state index is 0.0507. The molecule has 2 unspecified atom stereocenters. The second kappa shape index (κ2) is 7.82. The Morgan fingerprint density at radius 3 is 1.90 bits per heavy atom.